The molecule has 4 nitrogen and oxygen atoms in total. The van der Waals surface area contributed by atoms with Gasteiger partial charge in [0.2, 0.25) is 10.0 Å². The van der Waals surface area contributed by atoms with Gasteiger partial charge in [0.25, 0.3) is 0 Å². The Morgan fingerprint density at radius 2 is 2.12 bits per heavy atom. The van der Waals surface area contributed by atoms with Crippen molar-refractivity contribution in [2.75, 3.05) is 12.8 Å². The first-order valence-corrected chi connectivity index (χ1v) is 7.48. The van der Waals surface area contributed by atoms with Crippen LogP contribution in [0.15, 0.2) is 24.3 Å². The number of rotatable bonds is 6. The van der Waals surface area contributed by atoms with Gasteiger partial charge in [-0.15, -0.1) is 0 Å². The van der Waals surface area contributed by atoms with E-state index in [4.69, 9.17) is 4.74 Å². The molecule has 0 fully saturated rings. The molecule has 0 amide bonds. The molecule has 0 heterocycles. The highest BCUT2D eigenvalue weighted by atomic mass is 32.2. The molecule has 0 radical (unpaired) electrons. The van der Waals surface area contributed by atoms with Gasteiger partial charge in [0.05, 0.1) is 6.26 Å². The van der Waals surface area contributed by atoms with Crippen LogP contribution < -0.4 is 9.46 Å². The summed E-state index contributed by atoms with van der Waals surface area (Å²) in [6.07, 6.45) is 1.74. The lowest BCUT2D eigenvalue weighted by Gasteiger charge is -2.17. The molecule has 0 spiro atoms. The lowest BCUT2D eigenvalue weighted by atomic mass is 10.2. The Balaban J connectivity index is 2.58. The second kappa shape index (κ2) is 6.02. The lowest BCUT2D eigenvalue weighted by molar-refractivity contribution is 0.200. The maximum atomic E-state index is 11.0. The molecule has 0 aliphatic carbocycles. The molecule has 0 saturated heterocycles. The second-order valence-electron chi connectivity index (χ2n) is 4.09. The predicted molar refractivity (Wildman–Crippen MR) is 68.7 cm³/mol. The number of hydrogen-bond donors (Lipinski definition) is 1. The molecule has 0 aliphatic heterocycles. The van der Waals surface area contributed by atoms with Crippen molar-refractivity contribution in [3.63, 3.8) is 0 Å². The molecule has 0 bridgehead atoms. The molecular weight excluding hydrogens is 238 g/mol. The van der Waals surface area contributed by atoms with Gasteiger partial charge < -0.3 is 4.74 Å². The molecule has 1 rings (SSSR count). The van der Waals surface area contributed by atoms with E-state index in [2.05, 4.69) is 4.72 Å². The van der Waals surface area contributed by atoms with E-state index in [9.17, 15) is 8.42 Å². The number of nitrogens with one attached hydrogen (secondary N) is 1. The van der Waals surface area contributed by atoms with Gasteiger partial charge in [0.1, 0.15) is 11.9 Å². The summed E-state index contributed by atoms with van der Waals surface area (Å²) in [4.78, 5) is 0. The van der Waals surface area contributed by atoms with Gasteiger partial charge in [-0.2, -0.15) is 0 Å². The van der Waals surface area contributed by atoms with Gasteiger partial charge in [0.15, 0.2) is 0 Å². The van der Waals surface area contributed by atoms with E-state index in [0.717, 1.165) is 24.0 Å². The third-order valence-electron chi connectivity index (χ3n) is 2.32. The molecular formula is C12H19NO3S. The monoisotopic (exact) mass is 257 g/mol. The van der Waals surface area contributed by atoms with Crippen molar-refractivity contribution in [3.8, 4) is 5.75 Å². The van der Waals surface area contributed by atoms with Crippen molar-refractivity contribution < 1.29 is 13.2 Å². The van der Waals surface area contributed by atoms with Gasteiger partial charge in [-0.05, 0) is 31.0 Å². The number of aryl methyl sites for hydroxylation is 1. The van der Waals surface area contributed by atoms with Crippen LogP contribution in [0.2, 0.25) is 0 Å². The Morgan fingerprint density at radius 3 is 2.65 bits per heavy atom. The van der Waals surface area contributed by atoms with Gasteiger partial charge in [-0.3, -0.25) is 0 Å². The van der Waals surface area contributed by atoms with E-state index in [-0.39, 0.29) is 6.10 Å². The first-order valence-electron chi connectivity index (χ1n) is 5.58. The molecule has 17 heavy (non-hydrogen) atoms. The third-order valence-corrected chi connectivity index (χ3v) is 3.01. The van der Waals surface area contributed by atoms with Crippen LogP contribution in [0.5, 0.6) is 5.75 Å². The largest absolute Gasteiger partial charge is 0.489 e. The van der Waals surface area contributed by atoms with E-state index in [0.29, 0.717) is 6.54 Å². The average Bonchev–Trinajstić information content (AvgIpc) is 2.23. The van der Waals surface area contributed by atoms with Gasteiger partial charge in [-0.1, -0.05) is 19.1 Å². The summed E-state index contributed by atoms with van der Waals surface area (Å²) in [6.45, 7) is 4.25. The Labute approximate surface area is 103 Å². The summed E-state index contributed by atoms with van der Waals surface area (Å²) in [7, 11) is -3.16. The number of hydrogen-bond acceptors (Lipinski definition) is 3. The van der Waals surface area contributed by atoms with Crippen molar-refractivity contribution in [2.24, 2.45) is 0 Å². The molecule has 1 aromatic carbocycles. The number of ether oxygens (including phenoxy) is 1. The topological polar surface area (TPSA) is 55.4 Å². The zero-order valence-electron chi connectivity index (χ0n) is 10.4. The van der Waals surface area contributed by atoms with E-state index in [1.165, 1.54) is 0 Å². The maximum absolute atomic E-state index is 11.0. The van der Waals surface area contributed by atoms with Crippen LogP contribution in [0.1, 0.15) is 18.9 Å². The zero-order chi connectivity index (χ0) is 12.9. The van der Waals surface area contributed by atoms with Crippen molar-refractivity contribution >= 4 is 10.0 Å². The highest BCUT2D eigenvalue weighted by Gasteiger charge is 2.11. The molecule has 0 aromatic heterocycles. The summed E-state index contributed by atoms with van der Waals surface area (Å²) in [6, 6.07) is 7.71. The van der Waals surface area contributed by atoms with E-state index < -0.39 is 10.0 Å². The first kappa shape index (κ1) is 14.0. The van der Waals surface area contributed by atoms with Crippen LogP contribution in [0.4, 0.5) is 0 Å². The Morgan fingerprint density at radius 1 is 1.41 bits per heavy atom. The standard InChI is InChI=1S/C12H19NO3S/c1-4-11(9-13-17(3,14)15)16-12-7-5-6-10(2)8-12/h5-8,11,13H,4,9H2,1-3H3/t11-/m0/s1. The molecule has 96 valence electrons. The third kappa shape index (κ3) is 5.70. The minimum atomic E-state index is -3.16. The highest BCUT2D eigenvalue weighted by Crippen LogP contribution is 2.15. The summed E-state index contributed by atoms with van der Waals surface area (Å²) in [5.41, 5.74) is 1.12. The van der Waals surface area contributed by atoms with E-state index in [1.807, 2.05) is 38.1 Å². The summed E-state index contributed by atoms with van der Waals surface area (Å²) in [5.74, 6) is 0.771. The zero-order valence-corrected chi connectivity index (χ0v) is 11.3. The van der Waals surface area contributed by atoms with E-state index in [1.54, 1.807) is 0 Å². The summed E-state index contributed by atoms with van der Waals surface area (Å²) in [5, 5.41) is 0. The molecule has 0 unspecified atom stereocenters. The van der Waals surface area contributed by atoms with Crippen molar-refractivity contribution in [1.29, 1.82) is 0 Å². The van der Waals surface area contributed by atoms with E-state index >= 15 is 0 Å². The van der Waals surface area contributed by atoms with Gasteiger partial charge in [-0.25, -0.2) is 13.1 Å². The van der Waals surface area contributed by atoms with Crippen molar-refractivity contribution in [3.05, 3.63) is 29.8 Å². The van der Waals surface area contributed by atoms with Crippen LogP contribution in [0.3, 0.4) is 0 Å². The Bertz CT molecular complexity index is 457. The van der Waals surface area contributed by atoms with Crippen LogP contribution in [0.25, 0.3) is 0 Å². The average molecular weight is 257 g/mol. The molecule has 5 heteroatoms. The quantitative estimate of drug-likeness (QED) is 0.844. The molecule has 0 aliphatic rings. The van der Waals surface area contributed by atoms with Crippen molar-refractivity contribution in [2.45, 2.75) is 26.4 Å². The van der Waals surface area contributed by atoms with Gasteiger partial charge in [0, 0.05) is 6.54 Å². The van der Waals surface area contributed by atoms with Gasteiger partial charge >= 0.3 is 0 Å². The lowest BCUT2D eigenvalue weighted by Crippen LogP contribution is -2.34. The van der Waals surface area contributed by atoms with Crippen LogP contribution in [0, 0.1) is 6.92 Å². The van der Waals surface area contributed by atoms with Crippen LogP contribution in [-0.4, -0.2) is 27.3 Å². The summed E-state index contributed by atoms with van der Waals surface area (Å²) >= 11 is 0. The molecule has 1 aromatic rings. The molecule has 0 saturated carbocycles. The highest BCUT2D eigenvalue weighted by molar-refractivity contribution is 7.88. The Hall–Kier alpha value is -1.07. The number of benzene rings is 1. The Kier molecular flexibility index (Phi) is 4.96. The second-order valence-corrected chi connectivity index (χ2v) is 5.92. The first-order chi connectivity index (χ1) is 7.90. The summed E-state index contributed by atoms with van der Waals surface area (Å²) < 4.78 is 30.2. The predicted octanol–water partition coefficient (Wildman–Crippen LogP) is 1.70. The van der Waals surface area contributed by atoms with Crippen molar-refractivity contribution in [1.82, 2.24) is 4.72 Å². The fraction of sp³-hybridized carbons (Fsp3) is 0.500. The SMILES string of the molecule is CC[C@@H](CNS(C)(=O)=O)Oc1cccc(C)c1. The smallest absolute Gasteiger partial charge is 0.208 e. The molecule has 1 N–H and O–H groups in total. The normalized spacial score (nSPS) is 13.4. The fourth-order valence-corrected chi connectivity index (χ4v) is 1.88. The minimum absolute atomic E-state index is 0.147. The maximum Gasteiger partial charge on any atom is 0.208 e. The van der Waals surface area contributed by atoms with Crippen LogP contribution in [-0.2, 0) is 10.0 Å². The number of sulfonamides is 1. The van der Waals surface area contributed by atoms with Crippen LogP contribution >= 0.6 is 0 Å². The minimum Gasteiger partial charge on any atom is -0.489 e. The molecule has 1 atom stereocenters. The fourth-order valence-electron chi connectivity index (χ4n) is 1.39.